The van der Waals surface area contributed by atoms with Gasteiger partial charge in [0.05, 0.1) is 0 Å². The fraction of sp³-hybridized carbons (Fsp3) is 0.346. The van der Waals surface area contributed by atoms with Crippen LogP contribution in [0.2, 0.25) is 0 Å². The molecule has 3 N–H and O–H groups in total. The fourth-order valence-electron chi connectivity index (χ4n) is 4.15. The lowest BCUT2D eigenvalue weighted by Gasteiger charge is -2.21. The van der Waals surface area contributed by atoms with Gasteiger partial charge in [0.25, 0.3) is 0 Å². The predicted octanol–water partition coefficient (Wildman–Crippen LogP) is 4.23. The molecule has 1 aliphatic rings. The summed E-state index contributed by atoms with van der Waals surface area (Å²) in [5.74, 6) is -1.75. The summed E-state index contributed by atoms with van der Waals surface area (Å²) in [6.45, 7) is 5.59. The van der Waals surface area contributed by atoms with E-state index in [9.17, 15) is 19.5 Å². The Morgan fingerprint density at radius 2 is 1.61 bits per heavy atom. The largest absolute Gasteiger partial charge is 0.480 e. The lowest BCUT2D eigenvalue weighted by atomic mass is 9.98. The number of rotatable bonds is 11. The number of hydrogen-bond acceptors (Lipinski definition) is 4. The molecule has 0 saturated carbocycles. The second kappa shape index (κ2) is 11.3. The monoisotopic (exact) mass is 450 g/mol. The van der Waals surface area contributed by atoms with Crippen molar-refractivity contribution in [3.8, 4) is 11.1 Å². The van der Waals surface area contributed by atoms with Gasteiger partial charge < -0.3 is 20.5 Å². The van der Waals surface area contributed by atoms with E-state index in [1.165, 1.54) is 0 Å². The van der Waals surface area contributed by atoms with Gasteiger partial charge in [-0.25, -0.2) is 9.59 Å². The number of nitrogens with one attached hydrogen (secondary N) is 2. The minimum Gasteiger partial charge on any atom is -0.480 e. The van der Waals surface area contributed by atoms with Crippen LogP contribution in [0.3, 0.4) is 0 Å². The van der Waals surface area contributed by atoms with E-state index in [2.05, 4.69) is 29.3 Å². The molecule has 0 saturated heterocycles. The number of ether oxygens (including phenoxy) is 1. The van der Waals surface area contributed by atoms with Crippen LogP contribution in [0.25, 0.3) is 11.1 Å². The molecule has 0 aromatic heterocycles. The van der Waals surface area contributed by atoms with Crippen molar-refractivity contribution in [2.45, 2.75) is 50.6 Å². The zero-order valence-electron chi connectivity index (χ0n) is 18.8. The molecule has 33 heavy (non-hydrogen) atoms. The Kier molecular flexibility index (Phi) is 8.24. The highest BCUT2D eigenvalue weighted by Gasteiger charge is 2.30. The lowest BCUT2D eigenvalue weighted by Crippen LogP contribution is -2.51. The number of fused-ring (bicyclic) bond motifs is 3. The average Bonchev–Trinajstić information content (AvgIpc) is 3.13. The van der Waals surface area contributed by atoms with Gasteiger partial charge >= 0.3 is 12.1 Å². The quantitative estimate of drug-likeness (QED) is 0.445. The number of aliphatic carboxylic acids is 1. The molecule has 174 valence electrons. The molecule has 1 aliphatic carbocycles. The van der Waals surface area contributed by atoms with Crippen molar-refractivity contribution in [3.63, 3.8) is 0 Å². The van der Waals surface area contributed by atoms with Gasteiger partial charge in [0, 0.05) is 5.92 Å². The summed E-state index contributed by atoms with van der Waals surface area (Å²) in [5, 5.41) is 14.5. The number of carboxylic acids is 1. The van der Waals surface area contributed by atoms with Crippen LogP contribution in [-0.4, -0.2) is 41.8 Å². The number of carboxylic acid groups (broad SMARTS) is 1. The minimum absolute atomic E-state index is 0.0862. The number of carbonyl (C=O) groups excluding carboxylic acids is 2. The van der Waals surface area contributed by atoms with Gasteiger partial charge in [-0.1, -0.05) is 68.0 Å². The molecular weight excluding hydrogens is 420 g/mol. The van der Waals surface area contributed by atoms with Crippen LogP contribution in [0.1, 0.15) is 49.7 Å². The summed E-state index contributed by atoms with van der Waals surface area (Å²) in [7, 11) is 0. The van der Waals surface area contributed by atoms with E-state index in [-0.39, 0.29) is 18.9 Å². The molecule has 7 nitrogen and oxygen atoms in total. The summed E-state index contributed by atoms with van der Waals surface area (Å²) in [6.07, 6.45) is 2.57. The van der Waals surface area contributed by atoms with Crippen molar-refractivity contribution in [3.05, 3.63) is 72.3 Å². The van der Waals surface area contributed by atoms with Crippen molar-refractivity contribution in [2.75, 3.05) is 6.61 Å². The highest BCUT2D eigenvalue weighted by molar-refractivity contribution is 5.89. The third-order valence-corrected chi connectivity index (χ3v) is 5.80. The maximum atomic E-state index is 12.7. The second-order valence-corrected chi connectivity index (χ2v) is 8.08. The average molecular weight is 451 g/mol. The Labute approximate surface area is 193 Å². The molecule has 0 spiro atoms. The SMILES string of the molecule is C=CCCC(NC(=O)[C@H](CCC)NC(=O)OCC1c2ccccc2-c2ccccc21)C(=O)O. The fourth-order valence-corrected chi connectivity index (χ4v) is 4.15. The van der Waals surface area contributed by atoms with E-state index in [1.807, 2.05) is 43.3 Å². The Morgan fingerprint density at radius 3 is 2.15 bits per heavy atom. The number of allylic oxidation sites excluding steroid dienone is 1. The van der Waals surface area contributed by atoms with Crippen LogP contribution in [0.4, 0.5) is 4.79 Å². The van der Waals surface area contributed by atoms with Gasteiger partial charge in [0.15, 0.2) is 0 Å². The summed E-state index contributed by atoms with van der Waals surface area (Å²) < 4.78 is 5.52. The van der Waals surface area contributed by atoms with Crippen LogP contribution in [-0.2, 0) is 14.3 Å². The Bertz CT molecular complexity index is 974. The zero-order chi connectivity index (χ0) is 23.8. The van der Waals surface area contributed by atoms with Crippen LogP contribution in [0, 0.1) is 0 Å². The van der Waals surface area contributed by atoms with Gasteiger partial charge in [-0.05, 0) is 41.5 Å². The normalized spacial score (nSPS) is 13.8. The van der Waals surface area contributed by atoms with Gasteiger partial charge in [-0.3, -0.25) is 4.79 Å². The molecule has 2 aromatic rings. The summed E-state index contributed by atoms with van der Waals surface area (Å²) >= 11 is 0. The molecule has 2 aromatic carbocycles. The standard InChI is InChI=1S/C26H30N2O5/c1-3-5-15-23(25(30)31)27-24(29)22(10-4-2)28-26(32)33-16-21-19-13-8-6-11-17(19)18-12-7-9-14-20(18)21/h3,6-9,11-14,21-23H,1,4-5,10,15-16H2,2H3,(H,27,29)(H,28,32)(H,30,31)/t22-,23?/m0/s1. The Hall–Kier alpha value is -3.61. The maximum absolute atomic E-state index is 12.7. The van der Waals surface area contributed by atoms with Crippen molar-refractivity contribution in [1.29, 1.82) is 0 Å². The van der Waals surface area contributed by atoms with Gasteiger partial charge in [0.2, 0.25) is 5.91 Å². The van der Waals surface area contributed by atoms with Crippen molar-refractivity contribution < 1.29 is 24.2 Å². The number of benzene rings is 2. The highest BCUT2D eigenvalue weighted by Crippen LogP contribution is 2.44. The van der Waals surface area contributed by atoms with Gasteiger partial charge in [0.1, 0.15) is 18.7 Å². The first kappa shape index (κ1) is 24.0. The number of carbonyl (C=O) groups is 3. The number of amides is 2. The van der Waals surface area contributed by atoms with Crippen molar-refractivity contribution in [1.82, 2.24) is 10.6 Å². The van der Waals surface area contributed by atoms with E-state index in [1.54, 1.807) is 6.08 Å². The van der Waals surface area contributed by atoms with Gasteiger partial charge in [-0.15, -0.1) is 6.58 Å². The lowest BCUT2D eigenvalue weighted by molar-refractivity contribution is -0.142. The first-order valence-electron chi connectivity index (χ1n) is 11.2. The zero-order valence-corrected chi connectivity index (χ0v) is 18.8. The van der Waals surface area contributed by atoms with E-state index in [0.29, 0.717) is 19.3 Å². The van der Waals surface area contributed by atoms with Gasteiger partial charge in [-0.2, -0.15) is 0 Å². The smallest absolute Gasteiger partial charge is 0.407 e. The first-order valence-corrected chi connectivity index (χ1v) is 11.2. The summed E-state index contributed by atoms with van der Waals surface area (Å²) in [6, 6.07) is 14.2. The molecule has 0 aliphatic heterocycles. The molecule has 0 radical (unpaired) electrons. The van der Waals surface area contributed by atoms with E-state index >= 15 is 0 Å². The summed E-state index contributed by atoms with van der Waals surface area (Å²) in [5.41, 5.74) is 4.45. The Morgan fingerprint density at radius 1 is 1.00 bits per heavy atom. The second-order valence-electron chi connectivity index (χ2n) is 8.08. The molecular formula is C26H30N2O5. The molecule has 3 rings (SSSR count). The number of hydrogen-bond donors (Lipinski definition) is 3. The third-order valence-electron chi connectivity index (χ3n) is 5.80. The van der Waals surface area contributed by atoms with E-state index in [0.717, 1.165) is 22.3 Å². The minimum atomic E-state index is -1.12. The molecule has 0 heterocycles. The molecule has 1 unspecified atom stereocenters. The molecule has 7 heteroatoms. The predicted molar refractivity (Wildman–Crippen MR) is 126 cm³/mol. The van der Waals surface area contributed by atoms with Crippen LogP contribution in [0.15, 0.2) is 61.2 Å². The summed E-state index contributed by atoms with van der Waals surface area (Å²) in [4.78, 5) is 36.7. The van der Waals surface area contributed by atoms with Crippen LogP contribution >= 0.6 is 0 Å². The topological polar surface area (TPSA) is 105 Å². The molecule has 2 atom stereocenters. The Balaban J connectivity index is 1.63. The van der Waals surface area contributed by atoms with Crippen molar-refractivity contribution in [2.24, 2.45) is 0 Å². The third kappa shape index (κ3) is 5.80. The van der Waals surface area contributed by atoms with Crippen LogP contribution in [0.5, 0.6) is 0 Å². The number of alkyl carbamates (subject to hydrolysis) is 1. The first-order chi connectivity index (χ1) is 16.0. The maximum Gasteiger partial charge on any atom is 0.407 e. The molecule has 0 fully saturated rings. The molecule has 2 amide bonds. The molecule has 0 bridgehead atoms. The van der Waals surface area contributed by atoms with Crippen molar-refractivity contribution >= 4 is 18.0 Å². The van der Waals surface area contributed by atoms with Crippen LogP contribution < -0.4 is 10.6 Å². The van der Waals surface area contributed by atoms with E-state index in [4.69, 9.17) is 4.74 Å². The highest BCUT2D eigenvalue weighted by atomic mass is 16.5. The van der Waals surface area contributed by atoms with E-state index < -0.39 is 30.1 Å².